The maximum absolute atomic E-state index is 10.2. The van der Waals surface area contributed by atoms with E-state index >= 15 is 0 Å². The molecular weight excluding hydrogens is 346 g/mol. The average Bonchev–Trinajstić information content (AvgIpc) is 3.17. The van der Waals surface area contributed by atoms with E-state index < -0.39 is 6.10 Å². The molecule has 0 aliphatic carbocycles. The predicted octanol–water partition coefficient (Wildman–Crippen LogP) is 2.40. The molecule has 0 saturated carbocycles. The summed E-state index contributed by atoms with van der Waals surface area (Å²) in [5.74, 6) is 1.30. The molecule has 1 aromatic carbocycles. The van der Waals surface area contributed by atoms with Crippen molar-refractivity contribution in [3.63, 3.8) is 0 Å². The van der Waals surface area contributed by atoms with Crippen LogP contribution in [-0.2, 0) is 13.1 Å². The van der Waals surface area contributed by atoms with E-state index in [2.05, 4.69) is 28.8 Å². The summed E-state index contributed by atoms with van der Waals surface area (Å²) in [4.78, 5) is 4.30. The number of likely N-dealkylation sites (N-methyl/N-ethyl adjacent to an activating group) is 1. The highest BCUT2D eigenvalue weighted by atomic mass is 16.5. The van der Waals surface area contributed by atoms with Gasteiger partial charge in [0.2, 0.25) is 0 Å². The van der Waals surface area contributed by atoms with Gasteiger partial charge in [0.15, 0.2) is 11.5 Å². The molecule has 1 N–H and O–H groups in total. The number of aliphatic hydroxyl groups excluding tert-OH is 1. The molecule has 0 unspecified atom stereocenters. The number of hydrogen-bond donors (Lipinski definition) is 1. The van der Waals surface area contributed by atoms with Gasteiger partial charge in [-0.15, -0.1) is 0 Å². The molecule has 2 aromatic rings. The van der Waals surface area contributed by atoms with Gasteiger partial charge in [0, 0.05) is 25.7 Å². The molecule has 0 amide bonds. The fourth-order valence-corrected chi connectivity index (χ4v) is 2.91. The number of benzene rings is 1. The van der Waals surface area contributed by atoms with Crippen LogP contribution in [0.4, 0.5) is 0 Å². The largest absolute Gasteiger partial charge is 0.493 e. The Kier molecular flexibility index (Phi) is 8.57. The normalized spacial score (nSPS) is 12.6. The van der Waals surface area contributed by atoms with Gasteiger partial charge >= 0.3 is 0 Å². The SMILES string of the molecule is CCN(CC)C[C@@H](O)COc1cc(CN(C)Cc2ccon2)ccc1OC. The van der Waals surface area contributed by atoms with Crippen LogP contribution in [0.5, 0.6) is 11.5 Å². The van der Waals surface area contributed by atoms with Gasteiger partial charge in [-0.2, -0.15) is 0 Å². The maximum Gasteiger partial charge on any atom is 0.161 e. The second kappa shape index (κ2) is 10.9. The third kappa shape index (κ3) is 6.86. The zero-order valence-electron chi connectivity index (χ0n) is 16.7. The quantitative estimate of drug-likeness (QED) is 0.609. The Morgan fingerprint density at radius 2 is 1.93 bits per heavy atom. The average molecular weight is 377 g/mol. The van der Waals surface area contributed by atoms with Gasteiger partial charge in [-0.05, 0) is 37.8 Å². The molecule has 150 valence electrons. The summed E-state index contributed by atoms with van der Waals surface area (Å²) in [7, 11) is 3.64. The molecule has 1 atom stereocenters. The van der Waals surface area contributed by atoms with E-state index in [0.29, 0.717) is 24.6 Å². The summed E-state index contributed by atoms with van der Waals surface area (Å²) < 4.78 is 16.1. The van der Waals surface area contributed by atoms with Gasteiger partial charge in [0.25, 0.3) is 0 Å². The highest BCUT2D eigenvalue weighted by Gasteiger charge is 2.13. The first-order valence-corrected chi connectivity index (χ1v) is 9.33. The molecule has 7 heteroatoms. The predicted molar refractivity (Wildman–Crippen MR) is 104 cm³/mol. The summed E-state index contributed by atoms with van der Waals surface area (Å²) in [5, 5.41) is 14.2. The van der Waals surface area contributed by atoms with E-state index in [0.717, 1.165) is 30.9 Å². The lowest BCUT2D eigenvalue weighted by molar-refractivity contribution is 0.0705. The van der Waals surface area contributed by atoms with Crippen molar-refractivity contribution < 1.29 is 19.1 Å². The Hall–Kier alpha value is -2.09. The monoisotopic (exact) mass is 377 g/mol. The zero-order chi connectivity index (χ0) is 19.6. The Morgan fingerprint density at radius 1 is 1.15 bits per heavy atom. The second-order valence-corrected chi connectivity index (χ2v) is 6.60. The van der Waals surface area contributed by atoms with Gasteiger partial charge in [0.1, 0.15) is 19.0 Å². The minimum absolute atomic E-state index is 0.227. The van der Waals surface area contributed by atoms with E-state index in [-0.39, 0.29) is 6.61 Å². The Labute approximate surface area is 161 Å². The molecule has 0 aliphatic heterocycles. The second-order valence-electron chi connectivity index (χ2n) is 6.60. The first-order valence-electron chi connectivity index (χ1n) is 9.33. The molecule has 0 radical (unpaired) electrons. The molecule has 0 saturated heterocycles. The number of ether oxygens (including phenoxy) is 2. The van der Waals surface area contributed by atoms with Crippen LogP contribution in [0.25, 0.3) is 0 Å². The van der Waals surface area contributed by atoms with Crippen LogP contribution in [-0.4, -0.2) is 66.6 Å². The Balaban J connectivity index is 1.95. The lowest BCUT2D eigenvalue weighted by Gasteiger charge is -2.22. The third-order valence-corrected chi connectivity index (χ3v) is 4.40. The summed E-state index contributed by atoms with van der Waals surface area (Å²) in [6, 6.07) is 7.72. The van der Waals surface area contributed by atoms with Crippen LogP contribution in [0.15, 0.2) is 35.1 Å². The van der Waals surface area contributed by atoms with Crippen molar-refractivity contribution >= 4 is 0 Å². The molecule has 2 rings (SSSR count). The van der Waals surface area contributed by atoms with Crippen LogP contribution < -0.4 is 9.47 Å². The van der Waals surface area contributed by atoms with Crippen LogP contribution in [0.3, 0.4) is 0 Å². The zero-order valence-corrected chi connectivity index (χ0v) is 16.7. The van der Waals surface area contributed by atoms with Crippen molar-refractivity contribution in [3.05, 3.63) is 41.8 Å². The number of rotatable bonds is 12. The number of nitrogens with zero attached hydrogens (tertiary/aromatic N) is 3. The fraction of sp³-hybridized carbons (Fsp3) is 0.550. The van der Waals surface area contributed by atoms with E-state index in [4.69, 9.17) is 14.0 Å². The smallest absolute Gasteiger partial charge is 0.161 e. The minimum Gasteiger partial charge on any atom is -0.493 e. The molecule has 7 nitrogen and oxygen atoms in total. The summed E-state index contributed by atoms with van der Waals surface area (Å²) >= 11 is 0. The third-order valence-electron chi connectivity index (χ3n) is 4.40. The van der Waals surface area contributed by atoms with E-state index in [9.17, 15) is 5.11 Å². The molecule has 0 fully saturated rings. The van der Waals surface area contributed by atoms with Crippen molar-refractivity contribution in [2.75, 3.05) is 40.4 Å². The number of aliphatic hydroxyl groups is 1. The van der Waals surface area contributed by atoms with Gasteiger partial charge in [0.05, 0.1) is 12.8 Å². The first kappa shape index (κ1) is 21.2. The van der Waals surface area contributed by atoms with Gasteiger partial charge in [-0.1, -0.05) is 25.1 Å². The molecule has 0 bridgehead atoms. The molecule has 1 heterocycles. The standard InChI is InChI=1S/C20H31N3O4/c1-5-23(6-2)14-18(24)15-26-20-11-16(7-8-19(20)25-4)12-22(3)13-17-9-10-27-21-17/h7-11,18,24H,5-6,12-15H2,1-4H3/t18-/m1/s1. The lowest BCUT2D eigenvalue weighted by Crippen LogP contribution is -2.35. The summed E-state index contributed by atoms with van der Waals surface area (Å²) in [5.41, 5.74) is 1.98. The highest BCUT2D eigenvalue weighted by molar-refractivity contribution is 5.43. The lowest BCUT2D eigenvalue weighted by atomic mass is 10.2. The van der Waals surface area contributed by atoms with Gasteiger partial charge in [-0.25, -0.2) is 0 Å². The number of hydrogen-bond acceptors (Lipinski definition) is 7. The Morgan fingerprint density at radius 3 is 2.56 bits per heavy atom. The van der Waals surface area contributed by atoms with Crippen LogP contribution >= 0.6 is 0 Å². The van der Waals surface area contributed by atoms with Gasteiger partial charge in [-0.3, -0.25) is 4.90 Å². The van der Waals surface area contributed by atoms with Crippen molar-refractivity contribution in [2.45, 2.75) is 33.0 Å². The Bertz CT molecular complexity index is 659. The van der Waals surface area contributed by atoms with Crippen molar-refractivity contribution in [2.24, 2.45) is 0 Å². The van der Waals surface area contributed by atoms with E-state index in [1.165, 1.54) is 0 Å². The van der Waals surface area contributed by atoms with Crippen LogP contribution in [0.1, 0.15) is 25.1 Å². The first-order chi connectivity index (χ1) is 13.0. The van der Waals surface area contributed by atoms with Crippen molar-refractivity contribution in [3.8, 4) is 11.5 Å². The summed E-state index contributed by atoms with van der Waals surface area (Å²) in [6.45, 7) is 8.23. The van der Waals surface area contributed by atoms with Crippen molar-refractivity contribution in [1.29, 1.82) is 0 Å². The fourth-order valence-electron chi connectivity index (χ4n) is 2.91. The topological polar surface area (TPSA) is 71.2 Å². The van der Waals surface area contributed by atoms with E-state index in [1.807, 2.05) is 31.3 Å². The molecule has 27 heavy (non-hydrogen) atoms. The van der Waals surface area contributed by atoms with E-state index in [1.54, 1.807) is 13.4 Å². The molecule has 0 spiro atoms. The number of methoxy groups -OCH3 is 1. The van der Waals surface area contributed by atoms with Crippen LogP contribution in [0, 0.1) is 0 Å². The minimum atomic E-state index is -0.548. The van der Waals surface area contributed by atoms with Crippen molar-refractivity contribution in [1.82, 2.24) is 15.0 Å². The molecule has 0 aliphatic rings. The van der Waals surface area contributed by atoms with Gasteiger partial charge < -0.3 is 24.0 Å². The highest BCUT2D eigenvalue weighted by Crippen LogP contribution is 2.28. The maximum atomic E-state index is 10.2. The summed E-state index contributed by atoms with van der Waals surface area (Å²) in [6.07, 6.45) is 1.03. The molecule has 1 aromatic heterocycles. The van der Waals surface area contributed by atoms with Crippen LogP contribution in [0.2, 0.25) is 0 Å². The molecular formula is C20H31N3O4. The number of aromatic nitrogens is 1.